The van der Waals surface area contributed by atoms with Crippen LogP contribution in [0.25, 0.3) is 0 Å². The standard InChI is InChI=1S/C63H110O6/c1-4-7-10-13-16-19-22-25-28-30-31-33-35-38-41-44-47-50-53-56-62(65)68-59-60(58-67-61(64)55-52-49-46-43-40-37-34-27-24-21-18-15-12-9-6-3)69-63(66)57-54-51-48-45-42-39-36-32-29-26-23-20-17-14-11-8-5-2/h18,21,24,26-27,29-31,36,39,45,48,60H,4-17,19-20,22-23,25,28,32-35,37-38,40-44,46-47,49-59H2,1-3H3/b21-18-,27-24-,29-26-,31-30-,39-36-,48-45-. The first-order valence-electron chi connectivity index (χ1n) is 29.5. The van der Waals surface area contributed by atoms with Gasteiger partial charge >= 0.3 is 17.9 Å². The van der Waals surface area contributed by atoms with Gasteiger partial charge in [0.15, 0.2) is 6.10 Å². The fraction of sp³-hybridized carbons (Fsp3) is 0.762. The normalized spacial score (nSPS) is 12.6. The molecule has 0 aromatic carbocycles. The molecule has 0 saturated heterocycles. The number of allylic oxidation sites excluding steroid dienone is 12. The van der Waals surface area contributed by atoms with E-state index in [9.17, 15) is 14.4 Å². The Bertz CT molecular complexity index is 1290. The number of rotatable bonds is 53. The van der Waals surface area contributed by atoms with Gasteiger partial charge in [-0.1, -0.05) is 241 Å². The summed E-state index contributed by atoms with van der Waals surface area (Å²) >= 11 is 0. The van der Waals surface area contributed by atoms with Gasteiger partial charge in [0.05, 0.1) is 0 Å². The van der Waals surface area contributed by atoms with Gasteiger partial charge in [-0.3, -0.25) is 14.4 Å². The molecule has 0 spiro atoms. The van der Waals surface area contributed by atoms with E-state index >= 15 is 0 Å². The number of carbonyl (C=O) groups is 3. The van der Waals surface area contributed by atoms with E-state index in [4.69, 9.17) is 14.2 Å². The summed E-state index contributed by atoms with van der Waals surface area (Å²) in [5, 5.41) is 0. The predicted molar refractivity (Wildman–Crippen MR) is 298 cm³/mol. The maximum absolute atomic E-state index is 12.8. The van der Waals surface area contributed by atoms with Crippen molar-refractivity contribution in [3.63, 3.8) is 0 Å². The topological polar surface area (TPSA) is 78.9 Å². The summed E-state index contributed by atoms with van der Waals surface area (Å²) in [4.78, 5) is 38.2. The zero-order valence-electron chi connectivity index (χ0n) is 45.6. The van der Waals surface area contributed by atoms with Gasteiger partial charge in [0.1, 0.15) is 13.2 Å². The first kappa shape index (κ1) is 65.8. The van der Waals surface area contributed by atoms with E-state index in [1.54, 1.807) is 0 Å². The molecule has 0 aliphatic heterocycles. The van der Waals surface area contributed by atoms with Gasteiger partial charge < -0.3 is 14.2 Å². The molecular formula is C63H110O6. The number of ether oxygens (including phenoxy) is 3. The minimum atomic E-state index is -0.809. The van der Waals surface area contributed by atoms with Gasteiger partial charge in [-0.2, -0.15) is 0 Å². The molecule has 1 unspecified atom stereocenters. The van der Waals surface area contributed by atoms with Gasteiger partial charge in [0.2, 0.25) is 0 Å². The Kier molecular flexibility index (Phi) is 54.8. The average Bonchev–Trinajstić information content (AvgIpc) is 3.35. The van der Waals surface area contributed by atoms with E-state index in [0.29, 0.717) is 19.3 Å². The Morgan fingerprint density at radius 1 is 0.304 bits per heavy atom. The van der Waals surface area contributed by atoms with Crippen LogP contribution in [0.1, 0.15) is 290 Å². The van der Waals surface area contributed by atoms with Crippen LogP contribution in [0.5, 0.6) is 0 Å². The molecule has 0 bridgehead atoms. The maximum Gasteiger partial charge on any atom is 0.306 e. The van der Waals surface area contributed by atoms with Crippen molar-refractivity contribution in [1.82, 2.24) is 0 Å². The van der Waals surface area contributed by atoms with Gasteiger partial charge in [0, 0.05) is 19.3 Å². The van der Waals surface area contributed by atoms with Crippen molar-refractivity contribution in [2.45, 2.75) is 297 Å². The molecule has 0 amide bonds. The molecule has 0 rings (SSSR count). The Morgan fingerprint density at radius 3 is 0.986 bits per heavy atom. The van der Waals surface area contributed by atoms with Gasteiger partial charge in [-0.25, -0.2) is 0 Å². The third-order valence-corrected chi connectivity index (χ3v) is 12.7. The fourth-order valence-corrected chi connectivity index (χ4v) is 8.21. The molecule has 1 atom stereocenters. The van der Waals surface area contributed by atoms with Crippen LogP contribution >= 0.6 is 0 Å². The van der Waals surface area contributed by atoms with E-state index in [0.717, 1.165) is 64.2 Å². The number of hydrogen-bond acceptors (Lipinski definition) is 6. The van der Waals surface area contributed by atoms with Crippen LogP contribution in [0, 0.1) is 0 Å². The molecule has 69 heavy (non-hydrogen) atoms. The summed E-state index contributed by atoms with van der Waals surface area (Å²) in [7, 11) is 0. The van der Waals surface area contributed by atoms with Crippen molar-refractivity contribution < 1.29 is 28.6 Å². The second-order valence-electron chi connectivity index (χ2n) is 19.6. The predicted octanol–water partition coefficient (Wildman–Crippen LogP) is 19.8. The highest BCUT2D eigenvalue weighted by Crippen LogP contribution is 2.15. The molecule has 0 aromatic rings. The fourth-order valence-electron chi connectivity index (χ4n) is 8.21. The van der Waals surface area contributed by atoms with Crippen molar-refractivity contribution in [3.8, 4) is 0 Å². The summed E-state index contributed by atoms with van der Waals surface area (Å²) in [6, 6.07) is 0. The van der Waals surface area contributed by atoms with Crippen LogP contribution in [0.4, 0.5) is 0 Å². The number of unbranched alkanes of at least 4 members (excludes halogenated alkanes) is 31. The lowest BCUT2D eigenvalue weighted by molar-refractivity contribution is -0.167. The molecule has 0 radical (unpaired) electrons. The van der Waals surface area contributed by atoms with Crippen LogP contribution in [-0.2, 0) is 28.6 Å². The first-order chi connectivity index (χ1) is 34.0. The zero-order valence-corrected chi connectivity index (χ0v) is 45.6. The highest BCUT2D eigenvalue weighted by atomic mass is 16.6. The molecule has 0 fully saturated rings. The summed E-state index contributed by atoms with van der Waals surface area (Å²) in [5.41, 5.74) is 0. The third kappa shape index (κ3) is 55.6. The van der Waals surface area contributed by atoms with E-state index in [1.807, 2.05) is 0 Å². The molecule has 398 valence electrons. The SMILES string of the molecule is CCCCC/C=C\C=C/CCCCCCCCC(=O)OCC(COC(=O)CCCCCCCCC/C=C\CCCCCCCCCC)OC(=O)CCC/C=C\C/C=C\C/C=C\CCCCCCCC. The molecule has 6 nitrogen and oxygen atoms in total. The second-order valence-corrected chi connectivity index (χ2v) is 19.6. The summed E-state index contributed by atoms with van der Waals surface area (Å²) < 4.78 is 16.8. The van der Waals surface area contributed by atoms with E-state index in [1.165, 1.54) is 180 Å². The Hall–Kier alpha value is -3.15. The highest BCUT2D eigenvalue weighted by molar-refractivity contribution is 5.71. The van der Waals surface area contributed by atoms with Gasteiger partial charge in [0.25, 0.3) is 0 Å². The van der Waals surface area contributed by atoms with Crippen molar-refractivity contribution in [3.05, 3.63) is 72.9 Å². The molecule has 0 N–H and O–H groups in total. The second kappa shape index (κ2) is 57.4. The zero-order chi connectivity index (χ0) is 50.0. The monoisotopic (exact) mass is 963 g/mol. The lowest BCUT2D eigenvalue weighted by atomic mass is 10.1. The van der Waals surface area contributed by atoms with E-state index < -0.39 is 6.10 Å². The van der Waals surface area contributed by atoms with Crippen LogP contribution < -0.4 is 0 Å². The number of esters is 3. The van der Waals surface area contributed by atoms with Crippen molar-refractivity contribution in [1.29, 1.82) is 0 Å². The highest BCUT2D eigenvalue weighted by Gasteiger charge is 2.19. The minimum absolute atomic E-state index is 0.101. The molecule has 0 saturated carbocycles. The Labute approximate surface area is 427 Å². The third-order valence-electron chi connectivity index (χ3n) is 12.7. The molecule has 0 aromatic heterocycles. The van der Waals surface area contributed by atoms with Gasteiger partial charge in [-0.15, -0.1) is 0 Å². The molecule has 6 heteroatoms. The molecule has 0 aliphatic rings. The molecular weight excluding hydrogens is 853 g/mol. The number of hydrogen-bond donors (Lipinski definition) is 0. The van der Waals surface area contributed by atoms with Crippen molar-refractivity contribution in [2.24, 2.45) is 0 Å². The van der Waals surface area contributed by atoms with Crippen LogP contribution in [0.2, 0.25) is 0 Å². The molecule has 0 heterocycles. The van der Waals surface area contributed by atoms with Crippen LogP contribution in [0.15, 0.2) is 72.9 Å². The average molecular weight is 964 g/mol. The first-order valence-corrected chi connectivity index (χ1v) is 29.5. The van der Waals surface area contributed by atoms with Crippen LogP contribution in [0.3, 0.4) is 0 Å². The van der Waals surface area contributed by atoms with Crippen molar-refractivity contribution in [2.75, 3.05) is 13.2 Å². The van der Waals surface area contributed by atoms with Gasteiger partial charge in [-0.05, 0) is 103 Å². The Balaban J connectivity index is 4.46. The lowest BCUT2D eigenvalue weighted by Crippen LogP contribution is -2.30. The number of carbonyl (C=O) groups excluding carboxylic acids is 3. The molecule has 0 aliphatic carbocycles. The quantitative estimate of drug-likeness (QED) is 0.0199. The summed E-state index contributed by atoms with van der Waals surface area (Å²) in [6.07, 6.45) is 73.3. The summed E-state index contributed by atoms with van der Waals surface area (Å²) in [6.45, 7) is 6.57. The smallest absolute Gasteiger partial charge is 0.306 e. The van der Waals surface area contributed by atoms with Crippen molar-refractivity contribution >= 4 is 17.9 Å². The van der Waals surface area contributed by atoms with E-state index in [-0.39, 0.29) is 37.5 Å². The Morgan fingerprint density at radius 2 is 0.580 bits per heavy atom. The summed E-state index contributed by atoms with van der Waals surface area (Å²) in [5.74, 6) is -0.961. The van der Waals surface area contributed by atoms with Crippen LogP contribution in [-0.4, -0.2) is 37.2 Å². The maximum atomic E-state index is 12.8. The largest absolute Gasteiger partial charge is 0.462 e. The minimum Gasteiger partial charge on any atom is -0.462 e. The lowest BCUT2D eigenvalue weighted by Gasteiger charge is -2.18. The van der Waals surface area contributed by atoms with E-state index in [2.05, 4.69) is 93.7 Å².